The maximum Gasteiger partial charge on any atom is 0.120 e. The molecule has 1 atom stereocenters. The predicted molar refractivity (Wildman–Crippen MR) is 83.3 cm³/mol. The Morgan fingerprint density at radius 2 is 2.05 bits per heavy atom. The molecule has 1 heterocycles. The maximum absolute atomic E-state index is 5.89. The van der Waals surface area contributed by atoms with Crippen molar-refractivity contribution in [2.45, 2.75) is 13.0 Å². The summed E-state index contributed by atoms with van der Waals surface area (Å²) in [4.78, 5) is 2.46. The van der Waals surface area contributed by atoms with Gasteiger partial charge in [0.2, 0.25) is 0 Å². The first kappa shape index (κ1) is 13.4. The molecule has 2 aromatic rings. The van der Waals surface area contributed by atoms with Crippen LogP contribution < -0.4 is 10.1 Å². The molecule has 1 aliphatic heterocycles. The Morgan fingerprint density at radius 1 is 1.20 bits per heavy atom. The molecule has 3 heteroatoms. The molecule has 0 aromatic heterocycles. The van der Waals surface area contributed by atoms with Crippen LogP contribution in [0.2, 0.25) is 0 Å². The number of hydrogen-bond acceptors (Lipinski definition) is 3. The normalized spacial score (nSPS) is 20.1. The third kappa shape index (κ3) is 3.30. The molecule has 20 heavy (non-hydrogen) atoms. The molecule has 0 bridgehead atoms. The molecule has 0 aliphatic carbocycles. The molecule has 0 spiro atoms. The van der Waals surface area contributed by atoms with Gasteiger partial charge in [-0.15, -0.1) is 0 Å². The minimum absolute atomic E-state index is 0.587. The quantitative estimate of drug-likeness (QED) is 0.924. The van der Waals surface area contributed by atoms with E-state index in [0.29, 0.717) is 6.04 Å². The van der Waals surface area contributed by atoms with E-state index in [0.717, 1.165) is 38.5 Å². The zero-order chi connectivity index (χ0) is 13.8. The lowest BCUT2D eigenvalue weighted by Gasteiger charge is -2.31. The first-order valence-electron chi connectivity index (χ1n) is 7.38. The molecule has 0 saturated carbocycles. The second-order valence-electron chi connectivity index (χ2n) is 5.51. The highest BCUT2D eigenvalue weighted by molar-refractivity contribution is 5.83. The van der Waals surface area contributed by atoms with Crippen molar-refractivity contribution in [3.8, 4) is 5.75 Å². The Bertz CT molecular complexity index is 570. The Morgan fingerprint density at radius 3 is 2.90 bits per heavy atom. The highest BCUT2D eigenvalue weighted by Gasteiger charge is 2.14. The van der Waals surface area contributed by atoms with Gasteiger partial charge in [-0.2, -0.15) is 0 Å². The third-order valence-electron chi connectivity index (χ3n) is 3.85. The highest BCUT2D eigenvalue weighted by atomic mass is 16.5. The lowest BCUT2D eigenvalue weighted by molar-refractivity contribution is 0.170. The van der Waals surface area contributed by atoms with E-state index < -0.39 is 0 Å². The Labute approximate surface area is 120 Å². The van der Waals surface area contributed by atoms with Crippen LogP contribution in [0, 0.1) is 0 Å². The molecule has 1 saturated heterocycles. The van der Waals surface area contributed by atoms with Crippen molar-refractivity contribution in [2.75, 3.05) is 32.8 Å². The molecular formula is C17H22N2O. The fourth-order valence-corrected chi connectivity index (χ4v) is 2.77. The zero-order valence-electron chi connectivity index (χ0n) is 12.0. The van der Waals surface area contributed by atoms with Crippen molar-refractivity contribution < 1.29 is 4.74 Å². The van der Waals surface area contributed by atoms with E-state index in [1.165, 1.54) is 10.8 Å². The number of ether oxygens (including phenoxy) is 1. The smallest absolute Gasteiger partial charge is 0.120 e. The second-order valence-corrected chi connectivity index (χ2v) is 5.51. The van der Waals surface area contributed by atoms with Gasteiger partial charge in [0.25, 0.3) is 0 Å². The first-order valence-corrected chi connectivity index (χ1v) is 7.38. The van der Waals surface area contributed by atoms with E-state index in [-0.39, 0.29) is 0 Å². The van der Waals surface area contributed by atoms with Crippen LogP contribution >= 0.6 is 0 Å². The third-order valence-corrected chi connectivity index (χ3v) is 3.85. The summed E-state index contributed by atoms with van der Waals surface area (Å²) in [7, 11) is 0. The first-order chi connectivity index (χ1) is 9.81. The van der Waals surface area contributed by atoms with Crippen LogP contribution in [-0.2, 0) is 0 Å². The van der Waals surface area contributed by atoms with Crippen LogP contribution in [0.15, 0.2) is 42.5 Å². The van der Waals surface area contributed by atoms with Crippen molar-refractivity contribution in [1.82, 2.24) is 10.2 Å². The van der Waals surface area contributed by atoms with Crippen molar-refractivity contribution in [3.05, 3.63) is 42.5 Å². The summed E-state index contributed by atoms with van der Waals surface area (Å²) < 4.78 is 5.89. The summed E-state index contributed by atoms with van der Waals surface area (Å²) >= 11 is 0. The van der Waals surface area contributed by atoms with Crippen LogP contribution in [0.5, 0.6) is 5.75 Å². The lowest BCUT2D eigenvalue weighted by atomic mass is 10.1. The molecule has 1 fully saturated rings. The maximum atomic E-state index is 5.89. The molecule has 3 nitrogen and oxygen atoms in total. The molecule has 2 aromatic carbocycles. The van der Waals surface area contributed by atoms with Gasteiger partial charge in [0.15, 0.2) is 0 Å². The van der Waals surface area contributed by atoms with Crippen molar-refractivity contribution in [1.29, 1.82) is 0 Å². The van der Waals surface area contributed by atoms with Gasteiger partial charge in [-0.05, 0) is 29.8 Å². The largest absolute Gasteiger partial charge is 0.492 e. The topological polar surface area (TPSA) is 24.5 Å². The van der Waals surface area contributed by atoms with Crippen LogP contribution in [0.4, 0.5) is 0 Å². The Balaban J connectivity index is 1.54. The van der Waals surface area contributed by atoms with E-state index in [1.807, 2.05) is 0 Å². The van der Waals surface area contributed by atoms with Crippen LogP contribution in [0.1, 0.15) is 6.92 Å². The Hall–Kier alpha value is -1.58. The highest BCUT2D eigenvalue weighted by Crippen LogP contribution is 2.20. The van der Waals surface area contributed by atoms with Crippen LogP contribution in [0.25, 0.3) is 10.8 Å². The van der Waals surface area contributed by atoms with Gasteiger partial charge in [-0.1, -0.05) is 30.3 Å². The fraction of sp³-hybridized carbons (Fsp3) is 0.412. The summed E-state index contributed by atoms with van der Waals surface area (Å²) in [5, 5.41) is 5.95. The predicted octanol–water partition coefficient (Wildman–Crippen LogP) is 2.51. The number of rotatable bonds is 4. The number of nitrogens with one attached hydrogen (secondary N) is 1. The minimum atomic E-state index is 0.587. The minimum Gasteiger partial charge on any atom is -0.492 e. The van der Waals surface area contributed by atoms with E-state index >= 15 is 0 Å². The molecule has 106 valence electrons. The average molecular weight is 270 g/mol. The molecule has 1 aliphatic rings. The van der Waals surface area contributed by atoms with E-state index in [4.69, 9.17) is 4.74 Å². The van der Waals surface area contributed by atoms with Gasteiger partial charge < -0.3 is 10.1 Å². The Kier molecular flexibility index (Phi) is 4.19. The molecule has 0 radical (unpaired) electrons. The zero-order valence-corrected chi connectivity index (χ0v) is 12.0. The molecular weight excluding hydrogens is 248 g/mol. The fourth-order valence-electron chi connectivity index (χ4n) is 2.77. The van der Waals surface area contributed by atoms with Gasteiger partial charge in [-0.3, -0.25) is 4.90 Å². The number of nitrogens with zero attached hydrogens (tertiary/aromatic N) is 1. The van der Waals surface area contributed by atoms with Crippen molar-refractivity contribution >= 4 is 10.8 Å². The van der Waals surface area contributed by atoms with E-state index in [2.05, 4.69) is 59.6 Å². The summed E-state index contributed by atoms with van der Waals surface area (Å²) in [6.45, 7) is 7.30. The molecule has 3 rings (SSSR count). The second kappa shape index (κ2) is 6.25. The lowest BCUT2D eigenvalue weighted by Crippen LogP contribution is -2.50. The number of piperazine rings is 1. The van der Waals surface area contributed by atoms with Gasteiger partial charge in [0.05, 0.1) is 0 Å². The molecule has 0 amide bonds. The van der Waals surface area contributed by atoms with Crippen molar-refractivity contribution in [3.63, 3.8) is 0 Å². The number of fused-ring (bicyclic) bond motifs is 1. The van der Waals surface area contributed by atoms with Gasteiger partial charge >= 0.3 is 0 Å². The van der Waals surface area contributed by atoms with Crippen LogP contribution in [0.3, 0.4) is 0 Å². The van der Waals surface area contributed by atoms with Gasteiger partial charge in [-0.25, -0.2) is 0 Å². The van der Waals surface area contributed by atoms with Gasteiger partial charge in [0.1, 0.15) is 12.4 Å². The van der Waals surface area contributed by atoms with E-state index in [1.54, 1.807) is 0 Å². The standard InChI is InChI=1S/C17H22N2O/c1-14-13-19(9-8-18-14)10-11-20-17-7-6-15-4-2-3-5-16(15)12-17/h2-7,12,14,18H,8-11,13H2,1H3/t14-/m0/s1. The van der Waals surface area contributed by atoms with Crippen molar-refractivity contribution in [2.24, 2.45) is 0 Å². The summed E-state index contributed by atoms with van der Waals surface area (Å²) in [5.74, 6) is 0.965. The van der Waals surface area contributed by atoms with E-state index in [9.17, 15) is 0 Å². The molecule has 1 N–H and O–H groups in total. The molecule has 0 unspecified atom stereocenters. The summed E-state index contributed by atoms with van der Waals surface area (Å²) in [5.41, 5.74) is 0. The summed E-state index contributed by atoms with van der Waals surface area (Å²) in [6, 6.07) is 15.3. The number of benzene rings is 2. The monoisotopic (exact) mass is 270 g/mol. The average Bonchev–Trinajstić information content (AvgIpc) is 2.47. The SMILES string of the molecule is C[C@H]1CN(CCOc2ccc3ccccc3c2)CCN1. The van der Waals surface area contributed by atoms with Crippen LogP contribution in [-0.4, -0.2) is 43.7 Å². The summed E-state index contributed by atoms with van der Waals surface area (Å²) in [6.07, 6.45) is 0. The van der Waals surface area contributed by atoms with Gasteiger partial charge in [0, 0.05) is 32.2 Å². The number of hydrogen-bond donors (Lipinski definition) is 1.